The molecule has 3 N–H and O–H groups in total. The summed E-state index contributed by atoms with van der Waals surface area (Å²) in [6.45, 7) is 0.503. The summed E-state index contributed by atoms with van der Waals surface area (Å²) in [6.07, 6.45) is 3.60. The fourth-order valence-electron chi connectivity index (χ4n) is 1.71. The molecule has 1 amide bonds. The molecule has 17 heavy (non-hydrogen) atoms. The second-order valence-electron chi connectivity index (χ2n) is 3.97. The molecular formula is C10H16N4O2S. The molecule has 1 atom stereocenters. The van der Waals surface area contributed by atoms with Gasteiger partial charge in [-0.2, -0.15) is 16.7 Å². The van der Waals surface area contributed by atoms with Crippen molar-refractivity contribution in [1.82, 2.24) is 15.5 Å². The lowest BCUT2D eigenvalue weighted by molar-refractivity contribution is -0.117. The number of nitrogens with zero attached hydrogens (tertiary/aromatic N) is 2. The molecule has 94 valence electrons. The number of thioether (sulfide) groups is 1. The summed E-state index contributed by atoms with van der Waals surface area (Å²) in [5.74, 6) is 2.04. The van der Waals surface area contributed by atoms with Crippen molar-refractivity contribution in [2.45, 2.75) is 31.1 Å². The minimum Gasteiger partial charge on any atom is -0.369 e. The van der Waals surface area contributed by atoms with Crippen LogP contribution in [0, 0.1) is 0 Å². The highest BCUT2D eigenvalue weighted by atomic mass is 32.2. The third-order valence-corrected chi connectivity index (χ3v) is 3.90. The quantitative estimate of drug-likeness (QED) is 0.801. The Balaban J connectivity index is 1.84. The maximum Gasteiger partial charge on any atom is 0.240 e. The number of aromatic nitrogens is 2. The number of hydrogen-bond acceptors (Lipinski definition) is 6. The smallest absolute Gasteiger partial charge is 0.240 e. The van der Waals surface area contributed by atoms with E-state index in [1.54, 1.807) is 0 Å². The van der Waals surface area contributed by atoms with Crippen LogP contribution < -0.4 is 11.1 Å². The van der Waals surface area contributed by atoms with E-state index in [1.165, 1.54) is 12.8 Å². The maximum atomic E-state index is 10.5. The normalized spacial score (nSPS) is 20.4. The van der Waals surface area contributed by atoms with Crippen LogP contribution in [0.2, 0.25) is 0 Å². The Labute approximate surface area is 104 Å². The van der Waals surface area contributed by atoms with Crippen molar-refractivity contribution in [3.63, 3.8) is 0 Å². The van der Waals surface area contributed by atoms with Gasteiger partial charge in [0.15, 0.2) is 5.82 Å². The summed E-state index contributed by atoms with van der Waals surface area (Å²) < 4.78 is 5.11. The van der Waals surface area contributed by atoms with E-state index in [4.69, 9.17) is 10.3 Å². The van der Waals surface area contributed by atoms with Gasteiger partial charge in [0.2, 0.25) is 11.8 Å². The van der Waals surface area contributed by atoms with Gasteiger partial charge in [0.1, 0.15) is 0 Å². The van der Waals surface area contributed by atoms with Crippen LogP contribution in [0.15, 0.2) is 4.52 Å². The van der Waals surface area contributed by atoms with E-state index in [1.807, 2.05) is 11.8 Å². The molecule has 0 aromatic carbocycles. The fraction of sp³-hybridized carbons (Fsp3) is 0.700. The summed E-state index contributed by atoms with van der Waals surface area (Å²) in [5.41, 5.74) is 5.01. The van der Waals surface area contributed by atoms with Crippen LogP contribution in [0.4, 0.5) is 0 Å². The van der Waals surface area contributed by atoms with Crippen LogP contribution in [0.3, 0.4) is 0 Å². The molecule has 7 heteroatoms. The molecule has 1 aliphatic rings. The zero-order chi connectivity index (χ0) is 12.1. The summed E-state index contributed by atoms with van der Waals surface area (Å²) in [7, 11) is 0. The monoisotopic (exact) mass is 256 g/mol. The molecule has 0 spiro atoms. The van der Waals surface area contributed by atoms with E-state index < -0.39 is 5.91 Å². The van der Waals surface area contributed by atoms with Crippen LogP contribution in [0.1, 0.15) is 36.2 Å². The Morgan fingerprint density at radius 2 is 2.47 bits per heavy atom. The molecule has 2 rings (SSSR count). The predicted molar refractivity (Wildman–Crippen MR) is 64.2 cm³/mol. The van der Waals surface area contributed by atoms with Crippen molar-refractivity contribution < 1.29 is 9.32 Å². The van der Waals surface area contributed by atoms with E-state index in [9.17, 15) is 4.79 Å². The molecule has 1 aromatic heterocycles. The lowest BCUT2D eigenvalue weighted by atomic mass is 10.2. The summed E-state index contributed by atoms with van der Waals surface area (Å²) in [5, 5.41) is 7.17. The van der Waals surface area contributed by atoms with E-state index in [-0.39, 0.29) is 6.54 Å². The average Bonchev–Trinajstić information content (AvgIpc) is 2.78. The van der Waals surface area contributed by atoms with Gasteiger partial charge >= 0.3 is 0 Å². The SMILES string of the molecule is NC(=O)CNCc1nc(C2CCCCS2)no1. The highest BCUT2D eigenvalue weighted by molar-refractivity contribution is 7.99. The van der Waals surface area contributed by atoms with Gasteiger partial charge in [-0.3, -0.25) is 10.1 Å². The predicted octanol–water partition coefficient (Wildman–Crippen LogP) is 0.603. The number of carbonyl (C=O) groups is 1. The summed E-state index contributed by atoms with van der Waals surface area (Å²) in [6, 6.07) is 0. The molecule has 0 bridgehead atoms. The van der Waals surface area contributed by atoms with Crippen LogP contribution >= 0.6 is 11.8 Å². The Bertz CT molecular complexity index is 376. The second-order valence-corrected chi connectivity index (χ2v) is 5.28. The van der Waals surface area contributed by atoms with Crippen LogP contribution in [-0.4, -0.2) is 28.3 Å². The zero-order valence-electron chi connectivity index (χ0n) is 9.52. The Kier molecular flexibility index (Phi) is 4.38. The Hall–Kier alpha value is -1.08. The van der Waals surface area contributed by atoms with Crippen molar-refractivity contribution in [3.05, 3.63) is 11.7 Å². The number of amides is 1. The van der Waals surface area contributed by atoms with E-state index in [0.29, 0.717) is 17.7 Å². The summed E-state index contributed by atoms with van der Waals surface area (Å²) in [4.78, 5) is 14.8. The van der Waals surface area contributed by atoms with Crippen molar-refractivity contribution in [2.75, 3.05) is 12.3 Å². The molecule has 2 heterocycles. The van der Waals surface area contributed by atoms with Gasteiger partial charge in [0.05, 0.1) is 18.3 Å². The number of rotatable bonds is 5. The van der Waals surface area contributed by atoms with Gasteiger partial charge in [-0.25, -0.2) is 0 Å². The highest BCUT2D eigenvalue weighted by Gasteiger charge is 2.21. The number of hydrogen-bond donors (Lipinski definition) is 2. The zero-order valence-corrected chi connectivity index (χ0v) is 10.3. The lowest BCUT2D eigenvalue weighted by Crippen LogP contribution is -2.28. The first kappa shape index (κ1) is 12.4. The molecule has 0 saturated carbocycles. The lowest BCUT2D eigenvalue weighted by Gasteiger charge is -2.17. The van der Waals surface area contributed by atoms with Crippen molar-refractivity contribution in [3.8, 4) is 0 Å². The molecular weight excluding hydrogens is 240 g/mol. The molecule has 1 aromatic rings. The molecule has 0 aliphatic carbocycles. The molecule has 1 unspecified atom stereocenters. The third kappa shape index (κ3) is 3.71. The largest absolute Gasteiger partial charge is 0.369 e. The van der Waals surface area contributed by atoms with Crippen LogP contribution in [-0.2, 0) is 11.3 Å². The number of nitrogens with two attached hydrogens (primary N) is 1. The number of carbonyl (C=O) groups excluding carboxylic acids is 1. The minimum atomic E-state index is -0.396. The van der Waals surface area contributed by atoms with Crippen molar-refractivity contribution in [2.24, 2.45) is 5.73 Å². The minimum absolute atomic E-state index is 0.121. The van der Waals surface area contributed by atoms with E-state index in [0.717, 1.165) is 18.0 Å². The molecule has 6 nitrogen and oxygen atoms in total. The first-order valence-corrected chi connectivity index (χ1v) is 6.73. The molecule has 0 radical (unpaired) electrons. The van der Waals surface area contributed by atoms with Crippen LogP contribution in [0.25, 0.3) is 0 Å². The van der Waals surface area contributed by atoms with Gasteiger partial charge in [0, 0.05) is 0 Å². The Morgan fingerprint density at radius 3 is 3.18 bits per heavy atom. The van der Waals surface area contributed by atoms with Gasteiger partial charge < -0.3 is 10.3 Å². The van der Waals surface area contributed by atoms with Gasteiger partial charge in [-0.1, -0.05) is 11.6 Å². The van der Waals surface area contributed by atoms with Gasteiger partial charge in [0.25, 0.3) is 0 Å². The average molecular weight is 256 g/mol. The van der Waals surface area contributed by atoms with Crippen LogP contribution in [0.5, 0.6) is 0 Å². The Morgan fingerprint density at radius 1 is 1.59 bits per heavy atom. The molecule has 1 fully saturated rings. The maximum absolute atomic E-state index is 10.5. The number of primary amides is 1. The standard InChI is InChI=1S/C10H16N4O2S/c11-8(15)5-12-6-9-13-10(14-16-9)7-3-1-2-4-17-7/h7,12H,1-6H2,(H2,11,15). The molecule has 1 aliphatic heterocycles. The first-order valence-electron chi connectivity index (χ1n) is 5.69. The topological polar surface area (TPSA) is 94.0 Å². The second kappa shape index (κ2) is 6.02. The highest BCUT2D eigenvalue weighted by Crippen LogP contribution is 2.36. The number of nitrogens with one attached hydrogen (secondary N) is 1. The third-order valence-electron chi connectivity index (χ3n) is 2.53. The van der Waals surface area contributed by atoms with Crippen molar-refractivity contribution in [1.29, 1.82) is 0 Å². The first-order chi connectivity index (χ1) is 8.25. The van der Waals surface area contributed by atoms with Gasteiger partial charge in [-0.15, -0.1) is 0 Å². The van der Waals surface area contributed by atoms with E-state index in [2.05, 4.69) is 15.5 Å². The molecule has 1 saturated heterocycles. The van der Waals surface area contributed by atoms with Crippen molar-refractivity contribution >= 4 is 17.7 Å². The van der Waals surface area contributed by atoms with Gasteiger partial charge in [-0.05, 0) is 18.6 Å². The fourth-order valence-corrected chi connectivity index (χ4v) is 2.94. The van der Waals surface area contributed by atoms with E-state index >= 15 is 0 Å². The summed E-state index contributed by atoms with van der Waals surface area (Å²) >= 11 is 1.88.